The molecule has 0 bridgehead atoms. The molecule has 0 saturated heterocycles. The number of hydrogen-bond donors (Lipinski definition) is 1. The lowest BCUT2D eigenvalue weighted by Crippen LogP contribution is -2.34. The molecule has 154 valence electrons. The fourth-order valence-corrected chi connectivity index (χ4v) is 2.94. The molecule has 0 unspecified atom stereocenters. The number of amides is 2. The predicted octanol–water partition coefficient (Wildman–Crippen LogP) is 3.04. The van der Waals surface area contributed by atoms with Crippen LogP contribution >= 0.6 is 0 Å². The second kappa shape index (κ2) is 11.3. The minimum atomic E-state index is -0.188. The number of unbranched alkanes of at least 4 members (excludes halogenated alkanes) is 1. The van der Waals surface area contributed by atoms with Gasteiger partial charge in [0, 0.05) is 32.1 Å². The Hall–Kier alpha value is -2.54. The van der Waals surface area contributed by atoms with E-state index in [-0.39, 0.29) is 18.4 Å². The Morgan fingerprint density at radius 3 is 2.75 bits per heavy atom. The zero-order valence-electron chi connectivity index (χ0n) is 17.1. The van der Waals surface area contributed by atoms with Crippen molar-refractivity contribution < 1.29 is 18.7 Å². The van der Waals surface area contributed by atoms with Crippen LogP contribution in [-0.4, -0.2) is 48.1 Å². The van der Waals surface area contributed by atoms with Crippen molar-refractivity contribution in [3.63, 3.8) is 0 Å². The lowest BCUT2D eigenvalue weighted by Gasteiger charge is -2.22. The largest absolute Gasteiger partial charge is 0.454 e. The van der Waals surface area contributed by atoms with Crippen LogP contribution in [0.4, 0.5) is 0 Å². The number of furan rings is 1. The Labute approximate surface area is 166 Å². The average molecular weight is 389 g/mol. The molecule has 0 aliphatic carbocycles. The minimum absolute atomic E-state index is 0.0267. The van der Waals surface area contributed by atoms with Gasteiger partial charge in [-0.3, -0.25) is 9.59 Å². The first-order chi connectivity index (χ1) is 13.6. The molecule has 2 amide bonds. The van der Waals surface area contributed by atoms with Gasteiger partial charge < -0.3 is 23.9 Å². The van der Waals surface area contributed by atoms with Gasteiger partial charge in [0.15, 0.2) is 5.76 Å². The first kappa shape index (κ1) is 21.8. The maximum absolute atomic E-state index is 12.2. The summed E-state index contributed by atoms with van der Waals surface area (Å²) in [5.41, 5.74) is 1.00. The summed E-state index contributed by atoms with van der Waals surface area (Å²) in [5.74, 6) is 0.805. The van der Waals surface area contributed by atoms with Gasteiger partial charge in [0.25, 0.3) is 5.91 Å². The highest BCUT2D eigenvalue weighted by Crippen LogP contribution is 2.14. The van der Waals surface area contributed by atoms with Gasteiger partial charge in [0.05, 0.1) is 13.1 Å². The third-order valence-electron chi connectivity index (χ3n) is 4.42. The van der Waals surface area contributed by atoms with Crippen LogP contribution in [0.25, 0.3) is 0 Å². The summed E-state index contributed by atoms with van der Waals surface area (Å²) in [6.07, 6.45) is 4.80. The van der Waals surface area contributed by atoms with E-state index in [1.54, 1.807) is 11.0 Å². The van der Waals surface area contributed by atoms with Crippen LogP contribution in [0.3, 0.4) is 0 Å². The van der Waals surface area contributed by atoms with Gasteiger partial charge in [-0.15, -0.1) is 0 Å². The SMILES string of the molecule is CCCCNC(=O)c1ccc(Cn2cccc2CN(CCC)C(=O)COC)o1. The van der Waals surface area contributed by atoms with Crippen molar-refractivity contribution >= 4 is 11.8 Å². The molecule has 1 N–H and O–H groups in total. The molecule has 7 heteroatoms. The number of nitrogens with zero attached hydrogens (tertiary/aromatic N) is 2. The Balaban J connectivity index is 2.02. The van der Waals surface area contributed by atoms with Gasteiger partial charge in [-0.2, -0.15) is 0 Å². The number of carbonyl (C=O) groups is 2. The molecule has 0 atom stereocenters. The van der Waals surface area contributed by atoms with E-state index in [0.717, 1.165) is 25.0 Å². The van der Waals surface area contributed by atoms with Crippen LogP contribution in [-0.2, 0) is 22.6 Å². The molecule has 0 aromatic carbocycles. The Bertz CT molecular complexity index is 750. The highest BCUT2D eigenvalue weighted by molar-refractivity contribution is 5.91. The van der Waals surface area contributed by atoms with Crippen LogP contribution in [0.1, 0.15) is 55.1 Å². The Kier molecular flexibility index (Phi) is 8.81. The van der Waals surface area contributed by atoms with E-state index in [2.05, 4.69) is 12.2 Å². The van der Waals surface area contributed by atoms with Crippen molar-refractivity contribution in [2.24, 2.45) is 0 Å². The third kappa shape index (κ3) is 6.27. The summed E-state index contributed by atoms with van der Waals surface area (Å²) in [6, 6.07) is 7.45. The number of nitrogens with one attached hydrogen (secondary N) is 1. The van der Waals surface area contributed by atoms with Crippen molar-refractivity contribution in [2.75, 3.05) is 26.8 Å². The summed E-state index contributed by atoms with van der Waals surface area (Å²) in [6.45, 7) is 6.54. The van der Waals surface area contributed by atoms with Crippen LogP contribution in [0.15, 0.2) is 34.9 Å². The normalized spacial score (nSPS) is 10.8. The highest BCUT2D eigenvalue weighted by Gasteiger charge is 2.16. The molecule has 0 radical (unpaired) electrons. The average Bonchev–Trinajstić information content (AvgIpc) is 3.32. The summed E-state index contributed by atoms with van der Waals surface area (Å²) in [4.78, 5) is 26.1. The van der Waals surface area contributed by atoms with Gasteiger partial charge in [-0.1, -0.05) is 20.3 Å². The second-order valence-corrected chi connectivity index (χ2v) is 6.75. The standard InChI is InChI=1S/C21H31N3O4/c1-4-6-11-22-21(26)19-10-9-18(28-19)15-23-13-7-8-17(23)14-24(12-5-2)20(25)16-27-3/h7-10,13H,4-6,11-12,14-16H2,1-3H3,(H,22,26). The van der Waals surface area contributed by atoms with E-state index in [1.807, 2.05) is 35.9 Å². The van der Waals surface area contributed by atoms with Gasteiger partial charge in [-0.25, -0.2) is 0 Å². The third-order valence-corrected chi connectivity index (χ3v) is 4.42. The molecule has 0 spiro atoms. The molecule has 28 heavy (non-hydrogen) atoms. The molecule has 0 aliphatic rings. The van der Waals surface area contributed by atoms with E-state index in [0.29, 0.717) is 37.7 Å². The molecule has 2 heterocycles. The lowest BCUT2D eigenvalue weighted by molar-refractivity contribution is -0.135. The van der Waals surface area contributed by atoms with Crippen LogP contribution in [0, 0.1) is 0 Å². The molecule has 0 aliphatic heterocycles. The number of hydrogen-bond acceptors (Lipinski definition) is 4. The minimum Gasteiger partial charge on any atom is -0.454 e. The monoisotopic (exact) mass is 389 g/mol. The Morgan fingerprint density at radius 1 is 1.21 bits per heavy atom. The van der Waals surface area contributed by atoms with Crippen molar-refractivity contribution in [1.29, 1.82) is 0 Å². The van der Waals surface area contributed by atoms with Crippen LogP contribution in [0.5, 0.6) is 0 Å². The summed E-state index contributed by atoms with van der Waals surface area (Å²) in [7, 11) is 1.53. The molecule has 0 fully saturated rings. The molecule has 2 aromatic rings. The number of carbonyl (C=O) groups excluding carboxylic acids is 2. The van der Waals surface area contributed by atoms with Crippen molar-refractivity contribution in [3.05, 3.63) is 47.7 Å². The zero-order chi connectivity index (χ0) is 20.4. The van der Waals surface area contributed by atoms with E-state index < -0.39 is 0 Å². The van der Waals surface area contributed by atoms with Crippen LogP contribution < -0.4 is 5.32 Å². The smallest absolute Gasteiger partial charge is 0.286 e. The van der Waals surface area contributed by atoms with Crippen molar-refractivity contribution in [3.8, 4) is 0 Å². The number of rotatable bonds is 12. The Morgan fingerprint density at radius 2 is 2.04 bits per heavy atom. The van der Waals surface area contributed by atoms with E-state index >= 15 is 0 Å². The topological polar surface area (TPSA) is 76.7 Å². The lowest BCUT2D eigenvalue weighted by atomic mass is 10.3. The number of methoxy groups -OCH3 is 1. The molecule has 2 rings (SSSR count). The summed E-state index contributed by atoms with van der Waals surface area (Å²) < 4.78 is 12.7. The van der Waals surface area contributed by atoms with Gasteiger partial charge in [0.1, 0.15) is 12.4 Å². The molecule has 0 saturated carbocycles. The fourth-order valence-electron chi connectivity index (χ4n) is 2.94. The maximum Gasteiger partial charge on any atom is 0.286 e. The van der Waals surface area contributed by atoms with Gasteiger partial charge >= 0.3 is 0 Å². The van der Waals surface area contributed by atoms with Crippen molar-refractivity contribution in [2.45, 2.75) is 46.2 Å². The number of aromatic nitrogens is 1. The first-order valence-electron chi connectivity index (χ1n) is 9.86. The van der Waals surface area contributed by atoms with E-state index in [9.17, 15) is 9.59 Å². The number of ether oxygens (including phenoxy) is 1. The van der Waals surface area contributed by atoms with Gasteiger partial charge in [-0.05, 0) is 37.1 Å². The molecule has 7 nitrogen and oxygen atoms in total. The molecular formula is C21H31N3O4. The highest BCUT2D eigenvalue weighted by atomic mass is 16.5. The first-order valence-corrected chi connectivity index (χ1v) is 9.86. The van der Waals surface area contributed by atoms with Gasteiger partial charge in [0.2, 0.25) is 5.91 Å². The van der Waals surface area contributed by atoms with Crippen molar-refractivity contribution in [1.82, 2.24) is 14.8 Å². The quantitative estimate of drug-likeness (QED) is 0.566. The fraction of sp³-hybridized carbons (Fsp3) is 0.524. The van der Waals surface area contributed by atoms with E-state index in [1.165, 1.54) is 7.11 Å². The summed E-state index contributed by atoms with van der Waals surface area (Å²) in [5, 5.41) is 2.85. The van der Waals surface area contributed by atoms with Crippen LogP contribution in [0.2, 0.25) is 0 Å². The predicted molar refractivity (Wildman–Crippen MR) is 107 cm³/mol. The second-order valence-electron chi connectivity index (χ2n) is 6.75. The summed E-state index contributed by atoms with van der Waals surface area (Å²) >= 11 is 0. The maximum atomic E-state index is 12.2. The molecular weight excluding hydrogens is 358 g/mol. The zero-order valence-corrected chi connectivity index (χ0v) is 17.1. The molecule has 2 aromatic heterocycles. The van der Waals surface area contributed by atoms with E-state index in [4.69, 9.17) is 9.15 Å².